The molecule has 3 aromatic rings. The number of carbonyl (C=O) groups is 1. The van der Waals surface area contributed by atoms with Gasteiger partial charge in [0.2, 0.25) is 5.88 Å². The fraction of sp³-hybridized carbons (Fsp3) is 0.353. The van der Waals surface area contributed by atoms with Crippen LogP contribution in [0.15, 0.2) is 24.4 Å². The van der Waals surface area contributed by atoms with Crippen LogP contribution in [0, 0.1) is 5.82 Å². The van der Waals surface area contributed by atoms with Gasteiger partial charge in [0.25, 0.3) is 5.91 Å². The van der Waals surface area contributed by atoms with E-state index in [1.165, 1.54) is 29.2 Å². The van der Waals surface area contributed by atoms with Gasteiger partial charge in [-0.3, -0.25) is 14.4 Å². The molecule has 0 saturated heterocycles. The minimum Gasteiger partial charge on any atom is -0.479 e. The molecule has 0 unspecified atom stereocenters. The monoisotopic (exact) mass is 377 g/mol. The maximum absolute atomic E-state index is 14.0. The van der Waals surface area contributed by atoms with E-state index in [2.05, 4.69) is 10.1 Å². The second-order valence-corrected chi connectivity index (χ2v) is 7.08. The van der Waals surface area contributed by atoms with Gasteiger partial charge in [-0.25, -0.2) is 9.37 Å². The van der Waals surface area contributed by atoms with Crippen LogP contribution in [0.4, 0.5) is 9.52 Å². The van der Waals surface area contributed by atoms with Crippen LogP contribution in [-0.4, -0.2) is 59.9 Å². The summed E-state index contributed by atoms with van der Waals surface area (Å²) < 4.78 is 21.4. The number of para-hydroxylation sites is 1. The van der Waals surface area contributed by atoms with E-state index in [4.69, 9.17) is 4.74 Å². The molecule has 0 saturated carbocycles. The summed E-state index contributed by atoms with van der Waals surface area (Å²) in [6.07, 6.45) is 1.61. The van der Waals surface area contributed by atoms with Crippen LogP contribution in [0.5, 0.6) is 5.88 Å². The van der Waals surface area contributed by atoms with Gasteiger partial charge in [0.1, 0.15) is 16.9 Å². The number of halogens is 1. The summed E-state index contributed by atoms with van der Waals surface area (Å²) in [7, 11) is 7.03. The maximum atomic E-state index is 14.0. The van der Waals surface area contributed by atoms with Crippen LogP contribution >= 0.6 is 11.3 Å². The number of methoxy groups -OCH3 is 1. The Labute approximate surface area is 154 Å². The Hall–Kier alpha value is -2.52. The number of thiazole rings is 1. The van der Waals surface area contributed by atoms with Gasteiger partial charge in [0.05, 0.1) is 11.8 Å². The number of nitrogens with zero attached hydrogens (tertiary/aromatic N) is 5. The highest BCUT2D eigenvalue weighted by Crippen LogP contribution is 2.31. The molecule has 0 fully saturated rings. The van der Waals surface area contributed by atoms with Gasteiger partial charge in [-0.2, -0.15) is 0 Å². The van der Waals surface area contributed by atoms with Crippen molar-refractivity contribution < 1.29 is 13.9 Å². The largest absolute Gasteiger partial charge is 0.479 e. The molecule has 2 aromatic heterocycles. The second-order valence-electron chi connectivity index (χ2n) is 6.07. The topological polar surface area (TPSA) is 63.5 Å². The number of carbonyl (C=O) groups excluding carboxylic acids is 1. The third-order valence-corrected chi connectivity index (χ3v) is 4.87. The van der Waals surface area contributed by atoms with Crippen molar-refractivity contribution in [2.24, 2.45) is 7.05 Å². The van der Waals surface area contributed by atoms with Crippen LogP contribution in [0.25, 0.3) is 10.2 Å². The van der Waals surface area contributed by atoms with E-state index in [9.17, 15) is 9.18 Å². The van der Waals surface area contributed by atoms with Crippen molar-refractivity contribution in [1.82, 2.24) is 19.7 Å². The Bertz CT molecular complexity index is 937. The number of rotatable bonds is 6. The van der Waals surface area contributed by atoms with Crippen LogP contribution in [-0.2, 0) is 7.05 Å². The van der Waals surface area contributed by atoms with E-state index in [1.54, 1.807) is 30.3 Å². The van der Waals surface area contributed by atoms with E-state index < -0.39 is 5.82 Å². The lowest BCUT2D eigenvalue weighted by Crippen LogP contribution is -2.36. The number of amides is 1. The minimum atomic E-state index is -0.399. The number of ether oxygens (including phenoxy) is 1. The number of likely N-dealkylation sites (N-methyl/N-ethyl adjacent to an activating group) is 1. The van der Waals surface area contributed by atoms with Gasteiger partial charge in [-0.15, -0.1) is 5.10 Å². The summed E-state index contributed by atoms with van der Waals surface area (Å²) >= 11 is 1.28. The number of hydrogen-bond donors (Lipinski definition) is 0. The Balaban J connectivity index is 2.03. The van der Waals surface area contributed by atoms with Crippen molar-refractivity contribution in [2.75, 3.05) is 39.2 Å². The molecule has 0 spiro atoms. The SMILES string of the molecule is COc1nn(C)cc1C(=O)N(CCN(C)C)c1nc2c(F)cccc2s1. The van der Waals surface area contributed by atoms with Gasteiger partial charge < -0.3 is 9.64 Å². The van der Waals surface area contributed by atoms with Crippen molar-refractivity contribution in [3.05, 3.63) is 35.8 Å². The molecule has 1 aromatic carbocycles. The van der Waals surface area contributed by atoms with Crippen molar-refractivity contribution in [1.29, 1.82) is 0 Å². The molecule has 9 heteroatoms. The van der Waals surface area contributed by atoms with Gasteiger partial charge in [0.15, 0.2) is 5.13 Å². The number of benzene rings is 1. The number of anilines is 1. The molecule has 3 rings (SSSR count). The standard InChI is InChI=1S/C17H20FN5O2S/c1-21(2)8-9-23(16(24)11-10-22(3)20-15(11)25-4)17-19-14-12(18)6-5-7-13(14)26-17/h5-7,10H,8-9H2,1-4H3. The Kier molecular flexibility index (Phi) is 5.19. The number of fused-ring (bicyclic) bond motifs is 1. The quantitative estimate of drug-likeness (QED) is 0.660. The molecule has 0 radical (unpaired) electrons. The lowest BCUT2D eigenvalue weighted by atomic mass is 10.3. The van der Waals surface area contributed by atoms with Crippen LogP contribution in [0.1, 0.15) is 10.4 Å². The highest BCUT2D eigenvalue weighted by molar-refractivity contribution is 7.22. The van der Waals surface area contributed by atoms with E-state index >= 15 is 0 Å². The predicted molar refractivity (Wildman–Crippen MR) is 99.6 cm³/mol. The zero-order valence-electron chi connectivity index (χ0n) is 15.1. The minimum absolute atomic E-state index is 0.250. The molecular weight excluding hydrogens is 357 g/mol. The summed E-state index contributed by atoms with van der Waals surface area (Å²) in [5.74, 6) is -0.431. The Morgan fingerprint density at radius 2 is 2.12 bits per heavy atom. The number of aromatic nitrogens is 3. The summed E-state index contributed by atoms with van der Waals surface area (Å²) in [4.78, 5) is 21.0. The van der Waals surface area contributed by atoms with Gasteiger partial charge in [-0.05, 0) is 26.2 Å². The molecule has 26 heavy (non-hydrogen) atoms. The van der Waals surface area contributed by atoms with E-state index in [-0.39, 0.29) is 17.3 Å². The van der Waals surface area contributed by atoms with Gasteiger partial charge in [-0.1, -0.05) is 17.4 Å². The lowest BCUT2D eigenvalue weighted by molar-refractivity contribution is 0.0982. The first kappa shape index (κ1) is 18.3. The average Bonchev–Trinajstić information content (AvgIpc) is 3.18. The van der Waals surface area contributed by atoms with Crippen molar-refractivity contribution in [2.45, 2.75) is 0 Å². The summed E-state index contributed by atoms with van der Waals surface area (Å²) in [5, 5.41) is 4.58. The Morgan fingerprint density at radius 1 is 1.35 bits per heavy atom. The van der Waals surface area contributed by atoms with E-state index in [0.717, 1.165) is 0 Å². The normalized spacial score (nSPS) is 11.3. The molecule has 2 heterocycles. The molecule has 1 amide bonds. The first-order valence-corrected chi connectivity index (χ1v) is 8.81. The fourth-order valence-electron chi connectivity index (χ4n) is 2.51. The van der Waals surface area contributed by atoms with Crippen molar-refractivity contribution in [3.63, 3.8) is 0 Å². The Morgan fingerprint density at radius 3 is 2.77 bits per heavy atom. The molecule has 0 bridgehead atoms. The third kappa shape index (κ3) is 3.54. The molecule has 138 valence electrons. The maximum Gasteiger partial charge on any atom is 0.267 e. The van der Waals surface area contributed by atoms with Crippen LogP contribution in [0.2, 0.25) is 0 Å². The predicted octanol–water partition coefficient (Wildman–Crippen LogP) is 2.39. The average molecular weight is 377 g/mol. The molecule has 0 atom stereocenters. The lowest BCUT2D eigenvalue weighted by Gasteiger charge is -2.21. The molecule has 0 N–H and O–H groups in total. The highest BCUT2D eigenvalue weighted by Gasteiger charge is 2.26. The molecule has 0 aliphatic carbocycles. The first-order chi connectivity index (χ1) is 12.4. The number of aryl methyl sites for hydroxylation is 1. The smallest absolute Gasteiger partial charge is 0.267 e. The van der Waals surface area contributed by atoms with Gasteiger partial charge >= 0.3 is 0 Å². The first-order valence-electron chi connectivity index (χ1n) is 8.00. The molecule has 0 aliphatic rings. The van der Waals surface area contributed by atoms with Crippen LogP contribution in [0.3, 0.4) is 0 Å². The van der Waals surface area contributed by atoms with E-state index in [0.29, 0.717) is 28.5 Å². The highest BCUT2D eigenvalue weighted by atomic mass is 32.1. The zero-order valence-corrected chi connectivity index (χ0v) is 15.9. The molecular formula is C17H20FN5O2S. The van der Waals surface area contributed by atoms with Crippen LogP contribution < -0.4 is 9.64 Å². The third-order valence-electron chi connectivity index (χ3n) is 3.82. The summed E-state index contributed by atoms with van der Waals surface area (Å²) in [6, 6.07) is 4.79. The summed E-state index contributed by atoms with van der Waals surface area (Å²) in [5.41, 5.74) is 0.613. The fourth-order valence-corrected chi connectivity index (χ4v) is 3.52. The molecule has 7 nitrogen and oxygen atoms in total. The molecule has 0 aliphatic heterocycles. The van der Waals surface area contributed by atoms with Crippen molar-refractivity contribution in [3.8, 4) is 5.88 Å². The van der Waals surface area contributed by atoms with Gasteiger partial charge in [0, 0.05) is 26.3 Å². The summed E-state index contributed by atoms with van der Waals surface area (Å²) in [6.45, 7) is 1.04. The van der Waals surface area contributed by atoms with E-state index in [1.807, 2.05) is 19.0 Å². The number of hydrogen-bond acceptors (Lipinski definition) is 6. The second kappa shape index (κ2) is 7.38. The van der Waals surface area contributed by atoms with Crippen molar-refractivity contribution >= 4 is 32.6 Å². The zero-order chi connectivity index (χ0) is 18.8.